The summed E-state index contributed by atoms with van der Waals surface area (Å²) in [6.45, 7) is 3.68. The second-order valence-corrected chi connectivity index (χ2v) is 7.13. The molecule has 0 spiro atoms. The number of carbonyl (C=O) groups is 1. The van der Waals surface area contributed by atoms with Gasteiger partial charge in [0.1, 0.15) is 11.4 Å². The number of nitrogens with one attached hydrogen (secondary N) is 1. The third-order valence-electron chi connectivity index (χ3n) is 3.72. The zero-order valence-electron chi connectivity index (χ0n) is 13.6. The van der Waals surface area contributed by atoms with Crippen LogP contribution in [0.15, 0.2) is 40.5 Å². The van der Waals surface area contributed by atoms with E-state index < -0.39 is 5.91 Å². The number of carbonyl (C=O) groups excluding carboxylic acids is 1. The van der Waals surface area contributed by atoms with Gasteiger partial charge in [-0.1, -0.05) is 23.7 Å². The monoisotopic (exact) mass is 374 g/mol. The molecule has 0 saturated heterocycles. The summed E-state index contributed by atoms with van der Waals surface area (Å²) in [6, 6.07) is 7.07. The minimum Gasteiger partial charge on any atom is -0.289 e. The zero-order valence-corrected chi connectivity index (χ0v) is 15.2. The first kappa shape index (κ1) is 17.3. The van der Waals surface area contributed by atoms with E-state index in [1.165, 1.54) is 28.4 Å². The van der Waals surface area contributed by atoms with Gasteiger partial charge < -0.3 is 0 Å². The molecular formula is C17H15ClN4O2S. The molecule has 0 aliphatic heterocycles. The van der Waals surface area contributed by atoms with Gasteiger partial charge >= 0.3 is 0 Å². The first-order valence-electron chi connectivity index (χ1n) is 7.48. The number of amides is 1. The maximum absolute atomic E-state index is 12.5. The van der Waals surface area contributed by atoms with Crippen LogP contribution < -0.4 is 11.0 Å². The van der Waals surface area contributed by atoms with Crippen molar-refractivity contribution in [1.82, 2.24) is 15.0 Å². The number of aryl methyl sites for hydroxylation is 2. The van der Waals surface area contributed by atoms with Gasteiger partial charge in [0.05, 0.1) is 17.9 Å². The molecule has 6 nitrogen and oxygen atoms in total. The Balaban J connectivity index is 1.73. The lowest BCUT2D eigenvalue weighted by atomic mass is 10.2. The maximum atomic E-state index is 12.5. The van der Waals surface area contributed by atoms with Gasteiger partial charge in [-0.25, -0.2) is 10.4 Å². The van der Waals surface area contributed by atoms with Crippen molar-refractivity contribution < 1.29 is 4.79 Å². The van der Waals surface area contributed by atoms with Crippen molar-refractivity contribution in [3.63, 3.8) is 0 Å². The van der Waals surface area contributed by atoms with Crippen LogP contribution in [0.4, 0.5) is 0 Å². The fourth-order valence-electron chi connectivity index (χ4n) is 2.34. The van der Waals surface area contributed by atoms with Crippen molar-refractivity contribution in [2.45, 2.75) is 20.4 Å². The van der Waals surface area contributed by atoms with E-state index in [-0.39, 0.29) is 12.1 Å². The van der Waals surface area contributed by atoms with Crippen LogP contribution in [-0.2, 0) is 11.3 Å². The number of hydrogen-bond acceptors (Lipinski definition) is 5. The summed E-state index contributed by atoms with van der Waals surface area (Å²) in [5.74, 6) is -0.411. The lowest BCUT2D eigenvalue weighted by Crippen LogP contribution is -2.30. The van der Waals surface area contributed by atoms with E-state index in [4.69, 9.17) is 11.6 Å². The molecule has 3 rings (SSSR count). The molecule has 0 fully saturated rings. The number of rotatable bonds is 4. The van der Waals surface area contributed by atoms with Crippen LogP contribution in [0.2, 0.25) is 5.02 Å². The van der Waals surface area contributed by atoms with Crippen molar-refractivity contribution in [2.24, 2.45) is 5.10 Å². The highest BCUT2D eigenvalue weighted by Gasteiger charge is 2.13. The Morgan fingerprint density at radius 2 is 2.24 bits per heavy atom. The molecule has 0 atom stereocenters. The van der Waals surface area contributed by atoms with Crippen molar-refractivity contribution in [3.05, 3.63) is 62.0 Å². The fraction of sp³-hybridized carbons (Fsp3) is 0.176. The second kappa shape index (κ2) is 7.16. The molecule has 8 heteroatoms. The summed E-state index contributed by atoms with van der Waals surface area (Å²) in [7, 11) is 0. The van der Waals surface area contributed by atoms with Crippen LogP contribution in [0.25, 0.3) is 10.2 Å². The molecule has 0 unspecified atom stereocenters. The number of halogens is 1. The van der Waals surface area contributed by atoms with Gasteiger partial charge in [-0.15, -0.1) is 11.3 Å². The Hall–Kier alpha value is -2.51. The standard InChI is InChI=1S/C17H15ClN4O2S/c1-10-11(2)25-16-15(10)17(24)22(9-19-16)8-14(23)21-20-7-12-4-3-5-13(18)6-12/h3-7,9H,8H2,1-2H3,(H,21,23)/b20-7-. The maximum Gasteiger partial charge on any atom is 0.262 e. The summed E-state index contributed by atoms with van der Waals surface area (Å²) < 4.78 is 1.28. The molecule has 128 valence electrons. The first-order valence-corrected chi connectivity index (χ1v) is 8.68. The molecule has 0 aliphatic rings. The highest BCUT2D eigenvalue weighted by atomic mass is 35.5. The molecule has 2 aromatic heterocycles. The van der Waals surface area contributed by atoms with E-state index in [1.54, 1.807) is 18.2 Å². The number of benzene rings is 1. The SMILES string of the molecule is Cc1sc2ncn(CC(=O)N/N=C\c3cccc(Cl)c3)c(=O)c2c1C. The Kier molecular flexibility index (Phi) is 4.96. The summed E-state index contributed by atoms with van der Waals surface area (Å²) >= 11 is 7.35. The molecule has 3 aromatic rings. The van der Waals surface area contributed by atoms with Crippen LogP contribution in [0.3, 0.4) is 0 Å². The van der Waals surface area contributed by atoms with Gasteiger partial charge in [0.15, 0.2) is 0 Å². The van der Waals surface area contributed by atoms with Gasteiger partial charge in [0.25, 0.3) is 11.5 Å². The quantitative estimate of drug-likeness (QED) is 0.563. The first-order chi connectivity index (χ1) is 12.0. The summed E-state index contributed by atoms with van der Waals surface area (Å²) in [5, 5.41) is 5.03. The van der Waals surface area contributed by atoms with Crippen molar-refractivity contribution in [1.29, 1.82) is 0 Å². The predicted molar refractivity (Wildman–Crippen MR) is 101 cm³/mol. The van der Waals surface area contributed by atoms with Crippen LogP contribution in [0.5, 0.6) is 0 Å². The zero-order chi connectivity index (χ0) is 18.0. The largest absolute Gasteiger partial charge is 0.289 e. The molecule has 0 saturated carbocycles. The van der Waals surface area contributed by atoms with Gasteiger partial charge in [0.2, 0.25) is 0 Å². The Labute approximate surface area is 152 Å². The van der Waals surface area contributed by atoms with Crippen LogP contribution in [0.1, 0.15) is 16.0 Å². The van der Waals surface area contributed by atoms with Gasteiger partial charge in [-0.2, -0.15) is 5.10 Å². The average Bonchev–Trinajstić information content (AvgIpc) is 2.86. The number of fused-ring (bicyclic) bond motifs is 1. The molecule has 1 aromatic carbocycles. The Morgan fingerprint density at radius 1 is 1.44 bits per heavy atom. The number of hydrogen-bond donors (Lipinski definition) is 1. The topological polar surface area (TPSA) is 76.3 Å². The summed E-state index contributed by atoms with van der Waals surface area (Å²) in [5.41, 5.74) is 3.85. The molecule has 2 heterocycles. The van der Waals surface area contributed by atoms with Crippen LogP contribution >= 0.6 is 22.9 Å². The third kappa shape index (κ3) is 3.78. The van der Waals surface area contributed by atoms with E-state index in [0.717, 1.165) is 16.0 Å². The summed E-state index contributed by atoms with van der Waals surface area (Å²) in [6.07, 6.45) is 2.88. The second-order valence-electron chi connectivity index (χ2n) is 5.49. The third-order valence-corrected chi connectivity index (χ3v) is 5.07. The van der Waals surface area contributed by atoms with E-state index in [2.05, 4.69) is 15.5 Å². The number of aromatic nitrogens is 2. The van der Waals surface area contributed by atoms with E-state index in [9.17, 15) is 9.59 Å². The summed E-state index contributed by atoms with van der Waals surface area (Å²) in [4.78, 5) is 30.5. The minimum absolute atomic E-state index is 0.150. The van der Waals surface area contributed by atoms with E-state index in [1.807, 2.05) is 19.9 Å². The van der Waals surface area contributed by atoms with Crippen LogP contribution in [-0.4, -0.2) is 21.7 Å². The van der Waals surface area contributed by atoms with E-state index >= 15 is 0 Å². The van der Waals surface area contributed by atoms with Crippen LogP contribution in [0, 0.1) is 13.8 Å². The number of thiophene rings is 1. The van der Waals surface area contributed by atoms with Gasteiger partial charge in [-0.05, 0) is 37.1 Å². The fourth-order valence-corrected chi connectivity index (χ4v) is 3.52. The van der Waals surface area contributed by atoms with Gasteiger partial charge in [-0.3, -0.25) is 14.2 Å². The molecule has 25 heavy (non-hydrogen) atoms. The van der Waals surface area contributed by atoms with Crippen molar-refractivity contribution in [3.8, 4) is 0 Å². The Bertz CT molecular complexity index is 1040. The Morgan fingerprint density at radius 3 is 3.00 bits per heavy atom. The highest BCUT2D eigenvalue weighted by Crippen LogP contribution is 2.25. The highest BCUT2D eigenvalue weighted by molar-refractivity contribution is 7.18. The average molecular weight is 375 g/mol. The smallest absolute Gasteiger partial charge is 0.262 e. The lowest BCUT2D eigenvalue weighted by molar-refractivity contribution is -0.121. The molecule has 0 aliphatic carbocycles. The minimum atomic E-state index is -0.411. The lowest BCUT2D eigenvalue weighted by Gasteiger charge is -2.04. The molecule has 0 radical (unpaired) electrons. The molecule has 0 bridgehead atoms. The van der Waals surface area contributed by atoms with E-state index in [0.29, 0.717) is 15.2 Å². The number of hydrazone groups is 1. The molecule has 1 N–H and O–H groups in total. The molecule has 1 amide bonds. The van der Waals surface area contributed by atoms with Gasteiger partial charge in [0, 0.05) is 9.90 Å². The number of nitrogens with zero attached hydrogens (tertiary/aromatic N) is 3. The normalized spacial score (nSPS) is 11.3. The predicted octanol–water partition coefficient (Wildman–Crippen LogP) is 2.88. The van der Waals surface area contributed by atoms with Crippen molar-refractivity contribution >= 4 is 45.3 Å². The molecular weight excluding hydrogens is 360 g/mol. The van der Waals surface area contributed by atoms with Crippen molar-refractivity contribution in [2.75, 3.05) is 0 Å².